The van der Waals surface area contributed by atoms with E-state index in [2.05, 4.69) is 0 Å². The molecule has 0 saturated carbocycles. The van der Waals surface area contributed by atoms with Crippen molar-refractivity contribution in [3.63, 3.8) is 0 Å². The lowest BCUT2D eigenvalue weighted by Crippen LogP contribution is -2.59. The van der Waals surface area contributed by atoms with Crippen LogP contribution in [0.15, 0.2) is 18.2 Å². The number of primary amides is 1. The summed E-state index contributed by atoms with van der Waals surface area (Å²) in [7, 11) is 1.48. The molecule has 1 atom stereocenters. The highest BCUT2D eigenvalue weighted by Crippen LogP contribution is 2.30. The fourth-order valence-corrected chi connectivity index (χ4v) is 3.01. The maximum absolute atomic E-state index is 12.5. The van der Waals surface area contributed by atoms with Crippen LogP contribution in [0, 0.1) is 6.92 Å². The summed E-state index contributed by atoms with van der Waals surface area (Å²) in [6.07, 6.45) is 1.21. The summed E-state index contributed by atoms with van der Waals surface area (Å²) in [4.78, 5) is 25.8. The second-order valence-corrected chi connectivity index (χ2v) is 6.08. The molecule has 0 aliphatic carbocycles. The number of benzene rings is 1. The molecule has 0 aromatic heterocycles. The van der Waals surface area contributed by atoms with Crippen molar-refractivity contribution in [2.45, 2.75) is 25.3 Å². The number of likely N-dealkylation sites (tertiary alicyclic amines) is 1. The molecule has 1 aliphatic rings. The lowest BCUT2D eigenvalue weighted by molar-refractivity contribution is -0.148. The van der Waals surface area contributed by atoms with E-state index in [-0.39, 0.29) is 19.1 Å². The second kappa shape index (κ2) is 7.19. The molecule has 1 fully saturated rings. The maximum Gasteiger partial charge on any atom is 0.261 e. The Labute approximate surface area is 140 Å². The minimum absolute atomic E-state index is 0.0914. The number of nitrogens with zero attached hydrogens (tertiary/aromatic N) is 1. The van der Waals surface area contributed by atoms with Gasteiger partial charge in [0, 0.05) is 18.7 Å². The van der Waals surface area contributed by atoms with E-state index in [4.69, 9.17) is 26.8 Å². The van der Waals surface area contributed by atoms with Crippen molar-refractivity contribution >= 4 is 23.4 Å². The molecular weight excluding hydrogens is 320 g/mol. The third kappa shape index (κ3) is 3.59. The zero-order chi connectivity index (χ0) is 17.0. The number of methoxy groups -OCH3 is 1. The highest BCUT2D eigenvalue weighted by atomic mass is 35.5. The van der Waals surface area contributed by atoms with Crippen LogP contribution in [-0.2, 0) is 14.3 Å². The molecule has 0 radical (unpaired) electrons. The SMILES string of the molecule is COCC1(C(N)=O)CCCN1C(=O)COc1ccc(Cl)c(C)c1. The quantitative estimate of drug-likeness (QED) is 0.851. The Morgan fingerprint density at radius 1 is 1.43 bits per heavy atom. The first-order valence-corrected chi connectivity index (χ1v) is 7.77. The van der Waals surface area contributed by atoms with Crippen LogP contribution in [0.5, 0.6) is 5.75 Å². The standard InChI is InChI=1S/C16H21ClN2O4/c1-11-8-12(4-5-13(11)17)23-9-14(20)19-7-3-6-16(19,10-22-2)15(18)21/h4-5,8H,3,6-7,9-10H2,1-2H3,(H2,18,21). The molecule has 2 N–H and O–H groups in total. The van der Waals surface area contributed by atoms with Gasteiger partial charge < -0.3 is 20.1 Å². The van der Waals surface area contributed by atoms with Crippen molar-refractivity contribution in [3.05, 3.63) is 28.8 Å². The fraction of sp³-hybridized carbons (Fsp3) is 0.500. The number of hydrogen-bond donors (Lipinski definition) is 1. The molecule has 7 heteroatoms. The van der Waals surface area contributed by atoms with Gasteiger partial charge in [0.2, 0.25) is 5.91 Å². The number of hydrogen-bond acceptors (Lipinski definition) is 4. The lowest BCUT2D eigenvalue weighted by atomic mass is 9.96. The van der Waals surface area contributed by atoms with Crippen molar-refractivity contribution in [2.75, 3.05) is 26.9 Å². The number of nitrogens with two attached hydrogens (primary N) is 1. The van der Waals surface area contributed by atoms with Crippen LogP contribution in [0.3, 0.4) is 0 Å². The number of ether oxygens (including phenoxy) is 2. The Hall–Kier alpha value is -1.79. The molecule has 1 saturated heterocycles. The molecule has 1 aromatic carbocycles. The van der Waals surface area contributed by atoms with Crippen LogP contribution >= 0.6 is 11.6 Å². The summed E-state index contributed by atoms with van der Waals surface area (Å²) < 4.78 is 10.6. The van der Waals surface area contributed by atoms with Gasteiger partial charge in [-0.2, -0.15) is 0 Å². The topological polar surface area (TPSA) is 81.9 Å². The van der Waals surface area contributed by atoms with E-state index >= 15 is 0 Å². The monoisotopic (exact) mass is 340 g/mol. The minimum Gasteiger partial charge on any atom is -0.484 e. The number of amides is 2. The fourth-order valence-electron chi connectivity index (χ4n) is 2.89. The van der Waals surface area contributed by atoms with Gasteiger partial charge in [-0.05, 0) is 43.5 Å². The number of carbonyl (C=O) groups is 2. The van der Waals surface area contributed by atoms with Gasteiger partial charge in [0.25, 0.3) is 5.91 Å². The molecule has 2 amide bonds. The van der Waals surface area contributed by atoms with Gasteiger partial charge in [-0.15, -0.1) is 0 Å². The van der Waals surface area contributed by atoms with E-state index in [9.17, 15) is 9.59 Å². The van der Waals surface area contributed by atoms with Crippen LogP contribution in [-0.4, -0.2) is 49.1 Å². The molecule has 2 rings (SSSR count). The molecule has 1 aliphatic heterocycles. The van der Waals surface area contributed by atoms with E-state index in [1.807, 2.05) is 6.92 Å². The summed E-state index contributed by atoms with van der Waals surface area (Å²) in [5.41, 5.74) is 5.31. The number of halogens is 1. The molecule has 0 bridgehead atoms. The van der Waals surface area contributed by atoms with Gasteiger partial charge in [-0.1, -0.05) is 11.6 Å². The first kappa shape index (κ1) is 17.6. The predicted molar refractivity (Wildman–Crippen MR) is 86.4 cm³/mol. The average Bonchev–Trinajstić information content (AvgIpc) is 2.94. The van der Waals surface area contributed by atoms with Gasteiger partial charge in [0.1, 0.15) is 11.3 Å². The summed E-state index contributed by atoms with van der Waals surface area (Å²) in [5.74, 6) is -0.283. The Balaban J connectivity index is 2.06. The lowest BCUT2D eigenvalue weighted by Gasteiger charge is -2.35. The van der Waals surface area contributed by atoms with E-state index in [1.54, 1.807) is 18.2 Å². The molecule has 0 spiro atoms. The highest BCUT2D eigenvalue weighted by Gasteiger charge is 2.48. The van der Waals surface area contributed by atoms with Crippen LogP contribution < -0.4 is 10.5 Å². The zero-order valence-corrected chi connectivity index (χ0v) is 14.1. The van der Waals surface area contributed by atoms with Crippen LogP contribution in [0.4, 0.5) is 0 Å². The first-order chi connectivity index (χ1) is 10.9. The third-order valence-corrected chi connectivity index (χ3v) is 4.55. The molecule has 6 nitrogen and oxygen atoms in total. The third-order valence-electron chi connectivity index (χ3n) is 4.12. The van der Waals surface area contributed by atoms with Gasteiger partial charge in [-0.3, -0.25) is 9.59 Å². The van der Waals surface area contributed by atoms with Crippen molar-refractivity contribution in [1.29, 1.82) is 0 Å². The zero-order valence-electron chi connectivity index (χ0n) is 13.3. The molecule has 23 heavy (non-hydrogen) atoms. The Kier molecular flexibility index (Phi) is 5.49. The number of rotatable bonds is 6. The normalized spacial score (nSPS) is 20.6. The summed E-state index contributed by atoms with van der Waals surface area (Å²) >= 11 is 5.96. The van der Waals surface area contributed by atoms with Crippen LogP contribution in [0.25, 0.3) is 0 Å². The van der Waals surface area contributed by atoms with Crippen LogP contribution in [0.1, 0.15) is 18.4 Å². The van der Waals surface area contributed by atoms with Crippen molar-refractivity contribution in [1.82, 2.24) is 4.90 Å². The highest BCUT2D eigenvalue weighted by molar-refractivity contribution is 6.31. The summed E-state index contributed by atoms with van der Waals surface area (Å²) in [5, 5.41) is 0.635. The Bertz CT molecular complexity index is 608. The molecular formula is C16H21ClN2O4. The van der Waals surface area contributed by atoms with Gasteiger partial charge in [0.15, 0.2) is 6.61 Å². The molecule has 1 aromatic rings. The molecule has 1 heterocycles. The average molecular weight is 341 g/mol. The molecule has 126 valence electrons. The first-order valence-electron chi connectivity index (χ1n) is 7.39. The number of aryl methyl sites for hydroxylation is 1. The second-order valence-electron chi connectivity index (χ2n) is 5.68. The van der Waals surface area contributed by atoms with Crippen molar-refractivity contribution in [2.24, 2.45) is 5.73 Å². The van der Waals surface area contributed by atoms with E-state index in [0.29, 0.717) is 30.2 Å². The van der Waals surface area contributed by atoms with Crippen molar-refractivity contribution < 1.29 is 19.1 Å². The summed E-state index contributed by atoms with van der Waals surface area (Å²) in [6.45, 7) is 2.25. The van der Waals surface area contributed by atoms with Crippen LogP contribution in [0.2, 0.25) is 5.02 Å². The minimum atomic E-state index is -1.08. The van der Waals surface area contributed by atoms with E-state index in [1.165, 1.54) is 12.0 Å². The van der Waals surface area contributed by atoms with Gasteiger partial charge in [-0.25, -0.2) is 0 Å². The van der Waals surface area contributed by atoms with E-state index < -0.39 is 11.4 Å². The smallest absolute Gasteiger partial charge is 0.261 e. The Morgan fingerprint density at radius 2 is 2.17 bits per heavy atom. The van der Waals surface area contributed by atoms with Gasteiger partial charge in [0.05, 0.1) is 6.61 Å². The van der Waals surface area contributed by atoms with E-state index in [0.717, 1.165) is 5.56 Å². The van der Waals surface area contributed by atoms with Gasteiger partial charge >= 0.3 is 0 Å². The largest absolute Gasteiger partial charge is 0.484 e. The maximum atomic E-state index is 12.5. The van der Waals surface area contributed by atoms with Crippen molar-refractivity contribution in [3.8, 4) is 5.75 Å². The summed E-state index contributed by atoms with van der Waals surface area (Å²) in [6, 6.07) is 5.17. The predicted octanol–water partition coefficient (Wildman–Crippen LogP) is 1.52. The Morgan fingerprint density at radius 3 is 2.78 bits per heavy atom. The number of carbonyl (C=O) groups excluding carboxylic acids is 2. The molecule has 1 unspecified atom stereocenters.